The van der Waals surface area contributed by atoms with E-state index in [1.807, 2.05) is 12.3 Å². The third-order valence-corrected chi connectivity index (χ3v) is 11.0. The van der Waals surface area contributed by atoms with Gasteiger partial charge in [0.25, 0.3) is 0 Å². The van der Waals surface area contributed by atoms with Crippen molar-refractivity contribution < 1.29 is 25.8 Å². The Bertz CT molecular complexity index is 2290. The molecule has 0 fully saturated rings. The quantitative estimate of drug-likeness (QED) is 0.0961. The van der Waals surface area contributed by atoms with Crippen LogP contribution in [0.1, 0.15) is 115 Å². The van der Waals surface area contributed by atoms with Crippen molar-refractivity contribution in [3.8, 4) is 23.0 Å². The van der Waals surface area contributed by atoms with E-state index < -0.39 is 0 Å². The van der Waals surface area contributed by atoms with Crippen molar-refractivity contribution in [1.82, 2.24) is 19.3 Å². The first-order valence-electron chi connectivity index (χ1n) is 19.8. The number of para-hydroxylation sites is 1. The summed E-state index contributed by atoms with van der Waals surface area (Å²) in [7, 11) is 0. The first kappa shape index (κ1) is 39.7. The average Bonchev–Trinajstić information content (AvgIpc) is 3.60. The maximum atomic E-state index is 6.74. The minimum absolute atomic E-state index is 0. The van der Waals surface area contributed by atoms with E-state index in [2.05, 4.69) is 151 Å². The second-order valence-corrected chi connectivity index (χ2v) is 16.8. The first-order valence-corrected chi connectivity index (χ1v) is 19.8. The topological polar surface area (TPSA) is 44.9 Å². The molecule has 1 unspecified atom stereocenters. The van der Waals surface area contributed by atoms with Crippen LogP contribution in [0.2, 0.25) is 0 Å². The second kappa shape index (κ2) is 16.4. The van der Waals surface area contributed by atoms with Gasteiger partial charge >= 0.3 is 21.1 Å². The average molecular weight is 900 g/mol. The van der Waals surface area contributed by atoms with Gasteiger partial charge in [0.05, 0.1) is 5.69 Å². The number of hydrogen-bond donors (Lipinski definition) is 0. The van der Waals surface area contributed by atoms with E-state index in [0.29, 0.717) is 47.0 Å². The molecule has 5 nitrogen and oxygen atoms in total. The van der Waals surface area contributed by atoms with Crippen molar-refractivity contribution in [3.05, 3.63) is 119 Å². The molecule has 284 valence electrons. The number of nitrogens with zero attached hydrogens (tertiary/aromatic N) is 4. The van der Waals surface area contributed by atoms with E-state index in [4.69, 9.17) is 14.8 Å². The molecule has 6 aromatic rings. The molecule has 0 saturated carbocycles. The summed E-state index contributed by atoms with van der Waals surface area (Å²) in [5.41, 5.74) is 10.7. The van der Waals surface area contributed by atoms with Gasteiger partial charge in [-0.3, -0.25) is 4.68 Å². The molecule has 7 rings (SSSR count). The van der Waals surface area contributed by atoms with Gasteiger partial charge in [0.15, 0.2) is 0 Å². The minimum atomic E-state index is 0. The van der Waals surface area contributed by atoms with E-state index in [0.717, 1.165) is 52.9 Å². The zero-order chi connectivity index (χ0) is 37.6. The van der Waals surface area contributed by atoms with Crippen molar-refractivity contribution in [3.63, 3.8) is 0 Å². The number of pyridine rings is 1. The number of hydrogen-bond acceptors (Lipinski definition) is 3. The second-order valence-electron chi connectivity index (χ2n) is 16.8. The zero-order valence-corrected chi connectivity index (χ0v) is 36.0. The fourth-order valence-electron chi connectivity index (χ4n) is 8.68. The van der Waals surface area contributed by atoms with E-state index >= 15 is 0 Å². The number of aromatic nitrogens is 4. The maximum absolute atomic E-state index is 6.74. The van der Waals surface area contributed by atoms with Crippen molar-refractivity contribution in [2.24, 2.45) is 23.7 Å². The Kier molecular flexibility index (Phi) is 12.1. The summed E-state index contributed by atoms with van der Waals surface area (Å²) >= 11 is 0. The van der Waals surface area contributed by atoms with Crippen LogP contribution in [0.5, 0.6) is 11.5 Å². The van der Waals surface area contributed by atoms with E-state index in [1.165, 1.54) is 39.8 Å². The molecule has 0 saturated heterocycles. The molecule has 0 amide bonds. The van der Waals surface area contributed by atoms with Crippen molar-refractivity contribution >= 4 is 21.8 Å². The summed E-state index contributed by atoms with van der Waals surface area (Å²) in [6, 6.07) is 28.8. The molecule has 0 bridgehead atoms. The van der Waals surface area contributed by atoms with Crippen molar-refractivity contribution in [2.75, 3.05) is 0 Å². The van der Waals surface area contributed by atoms with Gasteiger partial charge in [0.2, 0.25) is 0 Å². The fraction of sp³-hybridized carbons (Fsp3) is 0.417. The zero-order valence-electron chi connectivity index (χ0n) is 33.7. The third-order valence-electron chi connectivity index (χ3n) is 11.0. The van der Waals surface area contributed by atoms with Gasteiger partial charge in [-0.2, -0.15) is 11.2 Å². The van der Waals surface area contributed by atoms with Gasteiger partial charge in [-0.05, 0) is 104 Å². The number of benzene rings is 3. The molecule has 0 spiro atoms. The Morgan fingerprint density at radius 2 is 1.65 bits per heavy atom. The van der Waals surface area contributed by atoms with E-state index in [1.54, 1.807) is 0 Å². The largest absolute Gasteiger partial charge is 2.00 e. The molecule has 1 aliphatic carbocycles. The van der Waals surface area contributed by atoms with E-state index in [9.17, 15) is 0 Å². The van der Waals surface area contributed by atoms with Gasteiger partial charge in [-0.25, -0.2) is 4.98 Å². The molecule has 0 N–H and O–H groups in total. The van der Waals surface area contributed by atoms with Crippen molar-refractivity contribution in [1.29, 1.82) is 0 Å². The van der Waals surface area contributed by atoms with Gasteiger partial charge in [0.1, 0.15) is 5.82 Å². The Balaban J connectivity index is 0.00000497. The summed E-state index contributed by atoms with van der Waals surface area (Å²) in [5, 5.41) is 7.58. The van der Waals surface area contributed by atoms with Crippen molar-refractivity contribution in [2.45, 2.75) is 107 Å². The molecule has 3 aromatic heterocycles. The molecular formula is C48H56N4OPt. The molecule has 6 heteroatoms. The standard InChI is InChI=1S/C48H56N4O.Pt/c1-29(2)15-18-44-48(47-33(8)22-32(7)23-34(47)9)35(10)50-52(44)38-25-37(31(5)6)26-40(27-38)53-39-16-17-42-41-13-11-12-14-43(41)51(45(42)28-39)46-24-36(19-20-49-46)21-30(3)4;/h11-14,16-17,19-20,22,24-26,29-32,34,47H,15,18,21,23H2,1-10H3;/q-2;+2/t32-,34-,47?;/m0./s1. The number of fused-ring (bicyclic) bond motifs is 3. The van der Waals surface area contributed by atoms with Crippen LogP contribution in [-0.2, 0) is 33.9 Å². The van der Waals surface area contributed by atoms with Crippen LogP contribution in [0.25, 0.3) is 33.3 Å². The van der Waals surface area contributed by atoms with E-state index in [-0.39, 0.29) is 21.1 Å². The molecule has 1 aliphatic rings. The molecule has 3 atom stereocenters. The van der Waals surface area contributed by atoms with Crippen LogP contribution >= 0.6 is 0 Å². The maximum Gasteiger partial charge on any atom is 2.00 e. The summed E-state index contributed by atoms with van der Waals surface area (Å²) in [6.07, 6.45) is 8.67. The van der Waals surface area contributed by atoms with Crippen LogP contribution in [0.15, 0.2) is 78.5 Å². The van der Waals surface area contributed by atoms with Gasteiger partial charge in [-0.15, -0.1) is 41.3 Å². The number of aryl methyl sites for hydroxylation is 1. The number of allylic oxidation sites excluding steroid dienone is 2. The molecule has 0 aliphatic heterocycles. The Hall–Kier alpha value is -3.95. The SMILES string of the molecule is CC1=C[C@H](C)C[C@H](C)C1c1c(C)nn(-c2[c-]c(Oc3[c-]c4c(cc3)c3ccccc3n4-c3cc(CC(C)C)ccn3)cc(C(C)C)c2)c1CCC(C)C.[Pt+2]. The smallest absolute Gasteiger partial charge is 0.509 e. The minimum Gasteiger partial charge on any atom is -0.509 e. The van der Waals surface area contributed by atoms with Crippen LogP contribution in [0.3, 0.4) is 0 Å². The Morgan fingerprint density at radius 1 is 0.870 bits per heavy atom. The summed E-state index contributed by atoms with van der Waals surface area (Å²) in [6.45, 7) is 22.9. The van der Waals surface area contributed by atoms with Gasteiger partial charge in [0, 0.05) is 40.4 Å². The normalized spacial score (nSPS) is 17.5. The van der Waals surface area contributed by atoms with Crippen LogP contribution < -0.4 is 4.74 Å². The van der Waals surface area contributed by atoms with Crippen LogP contribution in [-0.4, -0.2) is 19.3 Å². The summed E-state index contributed by atoms with van der Waals surface area (Å²) in [4.78, 5) is 4.85. The molecule has 3 aromatic carbocycles. The monoisotopic (exact) mass is 899 g/mol. The molecular weight excluding hydrogens is 844 g/mol. The summed E-state index contributed by atoms with van der Waals surface area (Å²) in [5.74, 6) is 5.19. The predicted octanol–water partition coefficient (Wildman–Crippen LogP) is 12.7. The molecule has 54 heavy (non-hydrogen) atoms. The van der Waals surface area contributed by atoms with Gasteiger partial charge in [-0.1, -0.05) is 90.8 Å². The first-order chi connectivity index (χ1) is 25.4. The Morgan fingerprint density at radius 3 is 2.37 bits per heavy atom. The predicted molar refractivity (Wildman–Crippen MR) is 220 cm³/mol. The third kappa shape index (κ3) is 8.04. The van der Waals surface area contributed by atoms with Crippen LogP contribution in [0, 0.1) is 42.7 Å². The fourth-order valence-corrected chi connectivity index (χ4v) is 8.68. The molecule has 3 heterocycles. The van der Waals surface area contributed by atoms with Gasteiger partial charge < -0.3 is 9.30 Å². The van der Waals surface area contributed by atoms with Crippen LogP contribution in [0.4, 0.5) is 0 Å². The number of rotatable bonds is 11. The summed E-state index contributed by atoms with van der Waals surface area (Å²) < 4.78 is 11.2. The molecule has 0 radical (unpaired) electrons. The Labute approximate surface area is 337 Å². The number of ether oxygens (including phenoxy) is 1.